The molecule has 1 amide bonds. The van der Waals surface area contributed by atoms with Crippen molar-refractivity contribution in [1.29, 1.82) is 0 Å². The first-order chi connectivity index (χ1) is 15.5. The Morgan fingerprint density at radius 1 is 1.06 bits per heavy atom. The Kier molecular flexibility index (Phi) is 6.92. The predicted octanol–water partition coefficient (Wildman–Crippen LogP) is 3.63. The van der Waals surface area contributed by atoms with Crippen molar-refractivity contribution in [3.8, 4) is 5.75 Å². The number of hydrazone groups is 1. The summed E-state index contributed by atoms with van der Waals surface area (Å²) in [7, 11) is 1.67. The number of methoxy groups -OCH3 is 1. The highest BCUT2D eigenvalue weighted by Crippen LogP contribution is 2.35. The second-order valence-electron chi connectivity index (χ2n) is 8.81. The number of carbonyl (C=O) groups excluding carboxylic acids is 1. The number of likely N-dealkylation sites (N-methyl/N-ethyl adjacent to an activating group) is 1. The number of nitrogens with zero attached hydrogens (tertiary/aromatic N) is 4. The van der Waals surface area contributed by atoms with Crippen LogP contribution in [0.1, 0.15) is 41.6 Å². The Morgan fingerprint density at radius 2 is 1.81 bits per heavy atom. The van der Waals surface area contributed by atoms with Gasteiger partial charge in [0.25, 0.3) is 5.91 Å². The monoisotopic (exact) mass is 434 g/mol. The molecule has 2 aromatic carbocycles. The lowest BCUT2D eigenvalue weighted by atomic mass is 9.94. The summed E-state index contributed by atoms with van der Waals surface area (Å²) in [6.07, 6.45) is 0.701. The molecule has 6 heteroatoms. The zero-order valence-corrected chi connectivity index (χ0v) is 19.7. The fraction of sp³-hybridized carbons (Fsp3) is 0.462. The van der Waals surface area contributed by atoms with Gasteiger partial charge in [0, 0.05) is 38.2 Å². The molecule has 0 aromatic heterocycles. The quantitative estimate of drug-likeness (QED) is 0.697. The molecule has 0 N–H and O–H groups in total. The molecule has 2 aliphatic rings. The van der Waals surface area contributed by atoms with Gasteiger partial charge in [-0.1, -0.05) is 42.8 Å². The molecule has 32 heavy (non-hydrogen) atoms. The van der Waals surface area contributed by atoms with E-state index in [0.29, 0.717) is 13.0 Å². The standard InChI is InChI=1S/C26H34N4O2/c1-5-28-11-13-29(14-12-28)18-26(31)30-25(23-15-19(2)9-10-20(23)3)17-24(27-30)21-7-6-8-22(16-21)32-4/h6-10,15-16,25H,5,11-14,17-18H2,1-4H3. The Morgan fingerprint density at radius 3 is 2.53 bits per heavy atom. The summed E-state index contributed by atoms with van der Waals surface area (Å²) in [4.78, 5) is 18.2. The van der Waals surface area contributed by atoms with E-state index in [0.717, 1.165) is 49.7 Å². The molecule has 1 atom stereocenters. The number of hydrogen-bond donors (Lipinski definition) is 0. The second-order valence-corrected chi connectivity index (χ2v) is 8.81. The fourth-order valence-electron chi connectivity index (χ4n) is 4.61. The van der Waals surface area contributed by atoms with Crippen LogP contribution in [0, 0.1) is 13.8 Å². The average Bonchev–Trinajstić information content (AvgIpc) is 3.27. The van der Waals surface area contributed by atoms with Crippen molar-refractivity contribution in [2.75, 3.05) is 46.4 Å². The van der Waals surface area contributed by atoms with Gasteiger partial charge in [-0.25, -0.2) is 5.01 Å². The second kappa shape index (κ2) is 9.84. The zero-order valence-electron chi connectivity index (χ0n) is 19.7. The molecule has 0 saturated carbocycles. The number of hydrogen-bond acceptors (Lipinski definition) is 5. The maximum absolute atomic E-state index is 13.5. The van der Waals surface area contributed by atoms with Crippen LogP contribution in [-0.4, -0.2) is 72.8 Å². The minimum Gasteiger partial charge on any atom is -0.497 e. The van der Waals surface area contributed by atoms with Crippen LogP contribution in [0.3, 0.4) is 0 Å². The highest BCUT2D eigenvalue weighted by atomic mass is 16.5. The first-order valence-corrected chi connectivity index (χ1v) is 11.5. The summed E-state index contributed by atoms with van der Waals surface area (Å²) in [6.45, 7) is 11.8. The molecule has 0 spiro atoms. The Hall–Kier alpha value is -2.70. The van der Waals surface area contributed by atoms with Gasteiger partial charge in [-0.2, -0.15) is 5.10 Å². The average molecular weight is 435 g/mol. The highest BCUT2D eigenvalue weighted by Gasteiger charge is 2.35. The minimum atomic E-state index is -0.0828. The van der Waals surface area contributed by atoms with Gasteiger partial charge in [0.1, 0.15) is 5.75 Å². The van der Waals surface area contributed by atoms with Crippen molar-refractivity contribution in [3.05, 3.63) is 64.7 Å². The van der Waals surface area contributed by atoms with Gasteiger partial charge in [-0.3, -0.25) is 9.69 Å². The Labute approximate surface area is 191 Å². The predicted molar refractivity (Wildman–Crippen MR) is 128 cm³/mol. The van der Waals surface area contributed by atoms with E-state index < -0.39 is 0 Å². The largest absolute Gasteiger partial charge is 0.497 e. The molecular weight excluding hydrogens is 400 g/mol. The maximum atomic E-state index is 13.5. The third kappa shape index (κ3) is 4.87. The van der Waals surface area contributed by atoms with Crippen LogP contribution in [0.4, 0.5) is 0 Å². The molecule has 4 rings (SSSR count). The van der Waals surface area contributed by atoms with E-state index in [1.54, 1.807) is 12.1 Å². The van der Waals surface area contributed by atoms with Gasteiger partial charge in [0.15, 0.2) is 0 Å². The topological polar surface area (TPSA) is 48.4 Å². The van der Waals surface area contributed by atoms with E-state index in [-0.39, 0.29) is 11.9 Å². The summed E-state index contributed by atoms with van der Waals surface area (Å²) in [5, 5.41) is 6.61. The first-order valence-electron chi connectivity index (χ1n) is 11.5. The van der Waals surface area contributed by atoms with Crippen LogP contribution >= 0.6 is 0 Å². The van der Waals surface area contributed by atoms with Crippen molar-refractivity contribution in [1.82, 2.24) is 14.8 Å². The Bertz CT molecular complexity index is 995. The lowest BCUT2D eigenvalue weighted by Crippen LogP contribution is -2.49. The van der Waals surface area contributed by atoms with Gasteiger partial charge < -0.3 is 9.64 Å². The molecule has 170 valence electrons. The molecule has 0 aliphatic carbocycles. The number of ether oxygens (including phenoxy) is 1. The van der Waals surface area contributed by atoms with Crippen LogP contribution in [0.15, 0.2) is 47.6 Å². The lowest BCUT2D eigenvalue weighted by Gasteiger charge is -2.34. The number of carbonyl (C=O) groups is 1. The summed E-state index contributed by atoms with van der Waals surface area (Å²) in [6, 6.07) is 14.3. The number of benzene rings is 2. The smallest absolute Gasteiger partial charge is 0.257 e. The molecule has 1 saturated heterocycles. The maximum Gasteiger partial charge on any atom is 0.257 e. The number of piperazine rings is 1. The van der Waals surface area contributed by atoms with E-state index in [1.165, 1.54) is 16.7 Å². The molecule has 2 aromatic rings. The summed E-state index contributed by atoms with van der Waals surface area (Å²) >= 11 is 0. The normalized spacial score (nSPS) is 19.8. The molecule has 6 nitrogen and oxygen atoms in total. The van der Waals surface area contributed by atoms with Crippen molar-refractivity contribution in [2.24, 2.45) is 5.10 Å². The van der Waals surface area contributed by atoms with E-state index in [2.05, 4.69) is 48.8 Å². The summed E-state index contributed by atoms with van der Waals surface area (Å²) in [5.41, 5.74) is 5.50. The molecule has 0 bridgehead atoms. The van der Waals surface area contributed by atoms with Crippen LogP contribution < -0.4 is 4.74 Å². The molecule has 2 heterocycles. The molecule has 1 unspecified atom stereocenters. The SMILES string of the molecule is CCN1CCN(CC(=O)N2N=C(c3cccc(OC)c3)CC2c2cc(C)ccc2C)CC1. The number of rotatable bonds is 6. The van der Waals surface area contributed by atoms with E-state index >= 15 is 0 Å². The zero-order chi connectivity index (χ0) is 22.7. The molecule has 0 radical (unpaired) electrons. The van der Waals surface area contributed by atoms with Gasteiger partial charge in [-0.15, -0.1) is 0 Å². The number of aryl methyl sites for hydroxylation is 2. The van der Waals surface area contributed by atoms with Crippen molar-refractivity contribution >= 4 is 11.6 Å². The van der Waals surface area contributed by atoms with Crippen molar-refractivity contribution in [3.63, 3.8) is 0 Å². The van der Waals surface area contributed by atoms with Crippen LogP contribution in [0.5, 0.6) is 5.75 Å². The lowest BCUT2D eigenvalue weighted by molar-refractivity contribution is -0.134. The first kappa shape index (κ1) is 22.5. The van der Waals surface area contributed by atoms with Gasteiger partial charge >= 0.3 is 0 Å². The fourth-order valence-corrected chi connectivity index (χ4v) is 4.61. The van der Waals surface area contributed by atoms with Crippen LogP contribution in [0.25, 0.3) is 0 Å². The van der Waals surface area contributed by atoms with Gasteiger partial charge in [0.2, 0.25) is 0 Å². The van der Waals surface area contributed by atoms with Crippen LogP contribution in [-0.2, 0) is 4.79 Å². The Balaban J connectivity index is 1.60. The van der Waals surface area contributed by atoms with E-state index in [1.807, 2.05) is 24.3 Å². The van der Waals surface area contributed by atoms with Crippen molar-refractivity contribution in [2.45, 2.75) is 33.2 Å². The summed E-state index contributed by atoms with van der Waals surface area (Å²) in [5.74, 6) is 0.866. The highest BCUT2D eigenvalue weighted by molar-refractivity contribution is 6.03. The molecule has 1 fully saturated rings. The van der Waals surface area contributed by atoms with Gasteiger partial charge in [0.05, 0.1) is 25.4 Å². The third-order valence-corrected chi connectivity index (χ3v) is 6.63. The van der Waals surface area contributed by atoms with E-state index in [4.69, 9.17) is 9.84 Å². The minimum absolute atomic E-state index is 0.0683. The van der Waals surface area contributed by atoms with Crippen LogP contribution in [0.2, 0.25) is 0 Å². The summed E-state index contributed by atoms with van der Waals surface area (Å²) < 4.78 is 5.41. The van der Waals surface area contributed by atoms with Gasteiger partial charge in [-0.05, 0) is 43.7 Å². The third-order valence-electron chi connectivity index (χ3n) is 6.63. The number of amides is 1. The molecular formula is C26H34N4O2. The molecule has 2 aliphatic heterocycles. The van der Waals surface area contributed by atoms with E-state index in [9.17, 15) is 4.79 Å². The van der Waals surface area contributed by atoms with Crippen molar-refractivity contribution < 1.29 is 9.53 Å².